The number of aromatic nitrogens is 4. The number of H-pyrrole nitrogens is 1. The van der Waals surface area contributed by atoms with Crippen molar-refractivity contribution in [3.63, 3.8) is 0 Å². The first-order valence-electron chi connectivity index (χ1n) is 12.8. The zero-order chi connectivity index (χ0) is 26.9. The number of rotatable bonds is 7. The van der Waals surface area contributed by atoms with E-state index in [-0.39, 0.29) is 22.2 Å². The summed E-state index contributed by atoms with van der Waals surface area (Å²) in [6, 6.07) is 10.9. The van der Waals surface area contributed by atoms with Crippen LogP contribution in [-0.4, -0.2) is 34.6 Å². The maximum Gasteiger partial charge on any atom is 0.277 e. The second kappa shape index (κ2) is 10.8. The number of nitrogens with one attached hydrogen (secondary N) is 2. The minimum Gasteiger partial charge on any atom is -0.493 e. The standard InChI is InChI=1S/C27H30ClN5O4S/c1-3-37-23-15-14-21(38(35,36)32-20-12-10-19(28)11-13-20)16-22(23)25-30-27(34)24-17(2)29-26(33(24)31-25)18-8-6-4-5-7-9-18/h10-16,18,32H,3-9H2,1-2H3,(H,30,31,34). The van der Waals surface area contributed by atoms with Crippen molar-refractivity contribution in [2.75, 3.05) is 11.3 Å². The van der Waals surface area contributed by atoms with Crippen LogP contribution in [-0.2, 0) is 10.0 Å². The van der Waals surface area contributed by atoms with Crippen molar-refractivity contribution < 1.29 is 13.2 Å². The number of imidazole rings is 1. The zero-order valence-corrected chi connectivity index (χ0v) is 22.9. The van der Waals surface area contributed by atoms with Crippen LogP contribution in [0.4, 0.5) is 5.69 Å². The molecule has 0 aliphatic heterocycles. The Morgan fingerprint density at radius 2 is 1.82 bits per heavy atom. The molecule has 1 saturated carbocycles. The summed E-state index contributed by atoms with van der Waals surface area (Å²) in [5.74, 6) is 1.61. The Morgan fingerprint density at radius 1 is 1.11 bits per heavy atom. The molecule has 0 radical (unpaired) electrons. The van der Waals surface area contributed by atoms with Gasteiger partial charge in [-0.25, -0.2) is 17.9 Å². The number of hydrogen-bond donors (Lipinski definition) is 2. The van der Waals surface area contributed by atoms with Crippen molar-refractivity contribution in [3.8, 4) is 17.1 Å². The molecule has 2 aromatic carbocycles. The lowest BCUT2D eigenvalue weighted by Crippen LogP contribution is -2.17. The largest absolute Gasteiger partial charge is 0.493 e. The quantitative estimate of drug-likeness (QED) is 0.283. The van der Waals surface area contributed by atoms with Gasteiger partial charge in [0.2, 0.25) is 0 Å². The van der Waals surface area contributed by atoms with Crippen molar-refractivity contribution in [2.24, 2.45) is 0 Å². The van der Waals surface area contributed by atoms with Crippen LogP contribution in [0.2, 0.25) is 5.02 Å². The van der Waals surface area contributed by atoms with E-state index in [0.717, 1.165) is 31.5 Å². The van der Waals surface area contributed by atoms with Crippen LogP contribution in [0.25, 0.3) is 16.9 Å². The van der Waals surface area contributed by atoms with Gasteiger partial charge in [-0.2, -0.15) is 0 Å². The molecule has 2 heterocycles. The number of halogens is 1. The van der Waals surface area contributed by atoms with Crippen LogP contribution in [0.1, 0.15) is 62.9 Å². The highest BCUT2D eigenvalue weighted by molar-refractivity contribution is 7.92. The Balaban J connectivity index is 1.61. The van der Waals surface area contributed by atoms with Crippen molar-refractivity contribution >= 4 is 32.8 Å². The fraction of sp³-hybridized carbons (Fsp3) is 0.370. The number of benzene rings is 2. The third-order valence-corrected chi connectivity index (χ3v) is 8.46. The normalized spacial score (nSPS) is 14.9. The summed E-state index contributed by atoms with van der Waals surface area (Å²) < 4.78 is 36.4. The second-order valence-corrected chi connectivity index (χ2v) is 11.6. The molecule has 2 aromatic heterocycles. The molecule has 38 heavy (non-hydrogen) atoms. The molecule has 0 unspecified atom stereocenters. The predicted molar refractivity (Wildman–Crippen MR) is 148 cm³/mol. The highest BCUT2D eigenvalue weighted by Crippen LogP contribution is 2.34. The molecule has 200 valence electrons. The van der Waals surface area contributed by atoms with Gasteiger partial charge in [-0.1, -0.05) is 37.3 Å². The summed E-state index contributed by atoms with van der Waals surface area (Å²) in [5.41, 5.74) is 1.43. The average Bonchev–Trinajstić information content (AvgIpc) is 3.05. The van der Waals surface area contributed by atoms with Crippen LogP contribution in [0.15, 0.2) is 52.2 Å². The molecule has 5 rings (SSSR count). The van der Waals surface area contributed by atoms with Crippen molar-refractivity contribution in [3.05, 3.63) is 69.4 Å². The molecule has 1 aliphatic carbocycles. The molecule has 0 atom stereocenters. The number of anilines is 1. The molecular weight excluding hydrogens is 526 g/mol. The molecule has 1 aliphatic rings. The minimum absolute atomic E-state index is 0.000507. The molecular formula is C27H30ClN5O4S. The summed E-state index contributed by atoms with van der Waals surface area (Å²) in [4.78, 5) is 20.8. The molecule has 2 N–H and O–H groups in total. The van der Waals surface area contributed by atoms with Gasteiger partial charge in [0.1, 0.15) is 11.6 Å². The van der Waals surface area contributed by atoms with Gasteiger partial charge >= 0.3 is 0 Å². The van der Waals surface area contributed by atoms with E-state index in [1.807, 2.05) is 13.8 Å². The zero-order valence-electron chi connectivity index (χ0n) is 21.3. The first-order chi connectivity index (χ1) is 18.3. The van der Waals surface area contributed by atoms with Gasteiger partial charge in [0.05, 0.1) is 22.8 Å². The van der Waals surface area contributed by atoms with Gasteiger partial charge in [0, 0.05) is 16.6 Å². The Kier molecular flexibility index (Phi) is 7.45. The van der Waals surface area contributed by atoms with E-state index in [2.05, 4.69) is 9.71 Å². The smallest absolute Gasteiger partial charge is 0.277 e. The number of hydrogen-bond acceptors (Lipinski definition) is 6. The highest BCUT2D eigenvalue weighted by Gasteiger charge is 2.25. The fourth-order valence-electron chi connectivity index (χ4n) is 4.99. The lowest BCUT2D eigenvalue weighted by atomic mass is 10.00. The van der Waals surface area contributed by atoms with E-state index >= 15 is 0 Å². The summed E-state index contributed by atoms with van der Waals surface area (Å²) in [5, 5.41) is 5.28. The molecule has 9 nitrogen and oxygen atoms in total. The number of ether oxygens (including phenoxy) is 1. The maximum absolute atomic E-state index is 13.2. The molecule has 4 aromatic rings. The summed E-state index contributed by atoms with van der Waals surface area (Å²) in [6.07, 6.45) is 6.61. The Bertz CT molecular complexity index is 1620. The Morgan fingerprint density at radius 3 is 2.50 bits per heavy atom. The van der Waals surface area contributed by atoms with Crippen LogP contribution >= 0.6 is 11.6 Å². The first-order valence-corrected chi connectivity index (χ1v) is 14.7. The Hall–Kier alpha value is -3.37. The molecule has 0 spiro atoms. The van der Waals surface area contributed by atoms with Gasteiger partial charge in [-0.3, -0.25) is 9.52 Å². The van der Waals surface area contributed by atoms with Gasteiger partial charge in [-0.15, -0.1) is 5.10 Å². The summed E-state index contributed by atoms with van der Waals surface area (Å²) >= 11 is 5.93. The third-order valence-electron chi connectivity index (χ3n) is 6.83. The third kappa shape index (κ3) is 5.28. The van der Waals surface area contributed by atoms with Crippen LogP contribution in [0.3, 0.4) is 0 Å². The van der Waals surface area contributed by atoms with Gasteiger partial charge in [0.25, 0.3) is 15.6 Å². The topological polar surface area (TPSA) is 118 Å². The van der Waals surface area contributed by atoms with E-state index in [1.165, 1.54) is 25.0 Å². The minimum atomic E-state index is -3.95. The molecule has 1 fully saturated rings. The van der Waals surface area contributed by atoms with Crippen LogP contribution in [0, 0.1) is 6.92 Å². The average molecular weight is 556 g/mol. The number of aromatic amines is 1. The van der Waals surface area contributed by atoms with E-state index in [1.54, 1.807) is 34.8 Å². The van der Waals surface area contributed by atoms with Crippen molar-refractivity contribution in [1.29, 1.82) is 0 Å². The number of fused-ring (bicyclic) bond motifs is 1. The fourth-order valence-corrected chi connectivity index (χ4v) is 6.20. The van der Waals surface area contributed by atoms with Gasteiger partial charge in [0.15, 0.2) is 11.3 Å². The van der Waals surface area contributed by atoms with Crippen molar-refractivity contribution in [2.45, 2.75) is 63.2 Å². The number of nitrogens with zero attached hydrogens (tertiary/aromatic N) is 3. The molecule has 0 bridgehead atoms. The van der Waals surface area contributed by atoms with Gasteiger partial charge in [-0.05, 0) is 69.2 Å². The predicted octanol–water partition coefficient (Wildman–Crippen LogP) is 5.68. The summed E-state index contributed by atoms with van der Waals surface area (Å²) in [6.45, 7) is 4.00. The Labute approximate surface area is 226 Å². The second-order valence-electron chi connectivity index (χ2n) is 9.51. The van der Waals surface area contributed by atoms with Crippen LogP contribution < -0.4 is 15.0 Å². The monoisotopic (exact) mass is 555 g/mol. The summed E-state index contributed by atoms with van der Waals surface area (Å²) in [7, 11) is -3.95. The van der Waals surface area contributed by atoms with Gasteiger partial charge < -0.3 is 9.72 Å². The van der Waals surface area contributed by atoms with Crippen LogP contribution in [0.5, 0.6) is 5.75 Å². The SMILES string of the molecule is CCOc1ccc(S(=O)(=O)Nc2ccc(Cl)cc2)cc1-c1nn2c(C3CCCCCC3)nc(C)c2c(=O)[nH]1. The first kappa shape index (κ1) is 26.2. The van der Waals surface area contributed by atoms with E-state index in [9.17, 15) is 13.2 Å². The molecule has 0 amide bonds. The lowest BCUT2D eigenvalue weighted by molar-refractivity contribution is 0.341. The van der Waals surface area contributed by atoms with Crippen molar-refractivity contribution in [1.82, 2.24) is 19.6 Å². The highest BCUT2D eigenvalue weighted by atomic mass is 35.5. The number of sulfonamides is 1. The van der Waals surface area contributed by atoms with E-state index in [4.69, 9.17) is 26.4 Å². The number of aryl methyl sites for hydroxylation is 1. The van der Waals surface area contributed by atoms with E-state index in [0.29, 0.717) is 39.8 Å². The van der Waals surface area contributed by atoms with E-state index < -0.39 is 10.0 Å². The maximum atomic E-state index is 13.2. The lowest BCUT2D eigenvalue weighted by Gasteiger charge is -2.15. The molecule has 11 heteroatoms. The molecule has 0 saturated heterocycles.